The molecule has 2 aromatic rings. The van der Waals surface area contributed by atoms with Crippen LogP contribution in [0.4, 0.5) is 10.3 Å². The molecule has 0 aliphatic carbocycles. The smallest absolute Gasteiger partial charge is 0.222 e. The van der Waals surface area contributed by atoms with Crippen LogP contribution in [0.3, 0.4) is 0 Å². The van der Waals surface area contributed by atoms with Crippen molar-refractivity contribution in [1.29, 1.82) is 0 Å². The lowest BCUT2D eigenvalue weighted by atomic mass is 10.0. The Morgan fingerprint density at radius 1 is 1.21 bits per heavy atom. The number of rotatable bonds is 4. The molecule has 19 heavy (non-hydrogen) atoms. The number of benzene rings is 1. The Morgan fingerprint density at radius 3 is 2.37 bits per heavy atom. The van der Waals surface area contributed by atoms with E-state index in [2.05, 4.69) is 31.2 Å². The average Bonchev–Trinajstić information content (AvgIpc) is 2.41. The SMILES string of the molecule is C[C@H](Nc1ncc(Br)cn1)[C@H](O)c1ccc(F)cc1. The highest BCUT2D eigenvalue weighted by Crippen LogP contribution is 2.19. The fraction of sp³-hybridized carbons (Fsp3) is 0.231. The van der Waals surface area contributed by atoms with Crippen LogP contribution in [0.15, 0.2) is 41.1 Å². The first-order valence-corrected chi connectivity index (χ1v) is 6.53. The van der Waals surface area contributed by atoms with Gasteiger partial charge in [-0.2, -0.15) is 0 Å². The third kappa shape index (κ3) is 3.71. The number of nitrogens with zero attached hydrogens (tertiary/aromatic N) is 2. The quantitative estimate of drug-likeness (QED) is 0.907. The maximum atomic E-state index is 12.8. The predicted molar refractivity (Wildman–Crippen MR) is 74.2 cm³/mol. The first-order valence-electron chi connectivity index (χ1n) is 5.74. The molecule has 1 aromatic heterocycles. The number of nitrogens with one attached hydrogen (secondary N) is 1. The molecule has 4 nitrogen and oxygen atoms in total. The van der Waals surface area contributed by atoms with Crippen LogP contribution >= 0.6 is 15.9 Å². The molecular formula is C13H13BrFN3O. The fourth-order valence-corrected chi connectivity index (χ4v) is 1.82. The van der Waals surface area contributed by atoms with Crippen molar-refractivity contribution in [2.24, 2.45) is 0 Å². The molecule has 0 spiro atoms. The Labute approximate surface area is 118 Å². The number of aromatic nitrogens is 2. The van der Waals surface area contributed by atoms with Crippen LogP contribution in [-0.4, -0.2) is 21.1 Å². The molecule has 0 aliphatic rings. The van der Waals surface area contributed by atoms with Gasteiger partial charge in [0.25, 0.3) is 0 Å². The van der Waals surface area contributed by atoms with Crippen LogP contribution < -0.4 is 5.32 Å². The van der Waals surface area contributed by atoms with Gasteiger partial charge in [0.2, 0.25) is 5.95 Å². The Morgan fingerprint density at radius 2 is 1.79 bits per heavy atom. The third-order valence-corrected chi connectivity index (χ3v) is 3.07. The van der Waals surface area contributed by atoms with Crippen LogP contribution in [0.2, 0.25) is 0 Å². The van der Waals surface area contributed by atoms with Crippen molar-refractivity contribution >= 4 is 21.9 Å². The highest BCUT2D eigenvalue weighted by atomic mass is 79.9. The lowest BCUT2D eigenvalue weighted by Crippen LogP contribution is -2.25. The Hall–Kier alpha value is -1.53. The van der Waals surface area contributed by atoms with Crippen LogP contribution in [-0.2, 0) is 0 Å². The molecule has 100 valence electrons. The van der Waals surface area contributed by atoms with Crippen molar-refractivity contribution in [1.82, 2.24) is 9.97 Å². The third-order valence-electron chi connectivity index (χ3n) is 2.66. The zero-order valence-corrected chi connectivity index (χ0v) is 11.8. The van der Waals surface area contributed by atoms with Gasteiger partial charge in [-0.05, 0) is 40.5 Å². The largest absolute Gasteiger partial charge is 0.386 e. The molecule has 0 aliphatic heterocycles. The molecule has 0 radical (unpaired) electrons. The van der Waals surface area contributed by atoms with E-state index in [0.717, 1.165) is 4.47 Å². The molecule has 1 aromatic carbocycles. The lowest BCUT2D eigenvalue weighted by molar-refractivity contribution is 0.160. The minimum atomic E-state index is -0.771. The minimum Gasteiger partial charge on any atom is -0.386 e. The van der Waals surface area contributed by atoms with Gasteiger partial charge >= 0.3 is 0 Å². The molecule has 2 atom stereocenters. The summed E-state index contributed by atoms with van der Waals surface area (Å²) in [6.45, 7) is 1.80. The molecule has 0 saturated carbocycles. The first-order chi connectivity index (χ1) is 9.06. The number of aliphatic hydroxyl groups excluding tert-OH is 1. The second-order valence-corrected chi connectivity index (χ2v) is 5.07. The highest BCUT2D eigenvalue weighted by molar-refractivity contribution is 9.10. The monoisotopic (exact) mass is 325 g/mol. The van der Waals surface area contributed by atoms with Crippen molar-refractivity contribution < 1.29 is 9.50 Å². The van der Waals surface area contributed by atoms with Crippen molar-refractivity contribution in [3.05, 3.63) is 52.5 Å². The van der Waals surface area contributed by atoms with Gasteiger partial charge in [-0.15, -0.1) is 0 Å². The highest BCUT2D eigenvalue weighted by Gasteiger charge is 2.17. The summed E-state index contributed by atoms with van der Waals surface area (Å²) in [7, 11) is 0. The topological polar surface area (TPSA) is 58.0 Å². The summed E-state index contributed by atoms with van der Waals surface area (Å²) in [4.78, 5) is 8.14. The summed E-state index contributed by atoms with van der Waals surface area (Å²) < 4.78 is 13.6. The van der Waals surface area contributed by atoms with Crippen molar-refractivity contribution in [2.75, 3.05) is 5.32 Å². The van der Waals surface area contributed by atoms with E-state index in [4.69, 9.17) is 0 Å². The van der Waals surface area contributed by atoms with Gasteiger partial charge in [-0.25, -0.2) is 14.4 Å². The summed E-state index contributed by atoms with van der Waals surface area (Å²) >= 11 is 3.25. The maximum absolute atomic E-state index is 12.8. The second-order valence-electron chi connectivity index (χ2n) is 4.15. The summed E-state index contributed by atoms with van der Waals surface area (Å²) in [6.07, 6.45) is 2.46. The Balaban J connectivity index is 2.04. The molecule has 6 heteroatoms. The van der Waals surface area contributed by atoms with Crippen molar-refractivity contribution in [3.8, 4) is 0 Å². The van der Waals surface area contributed by atoms with Crippen molar-refractivity contribution in [2.45, 2.75) is 19.1 Å². The number of hydrogen-bond acceptors (Lipinski definition) is 4. The van der Waals surface area contributed by atoms with E-state index in [1.807, 2.05) is 0 Å². The Kier molecular flexibility index (Phi) is 4.44. The van der Waals surface area contributed by atoms with E-state index in [0.29, 0.717) is 11.5 Å². The van der Waals surface area contributed by atoms with Crippen LogP contribution in [0.25, 0.3) is 0 Å². The maximum Gasteiger partial charge on any atom is 0.222 e. The summed E-state index contributed by atoms with van der Waals surface area (Å²) in [5.41, 5.74) is 0.638. The zero-order valence-electron chi connectivity index (χ0n) is 10.2. The van der Waals surface area contributed by atoms with Crippen LogP contribution in [0.1, 0.15) is 18.6 Å². The second kappa shape index (κ2) is 6.08. The van der Waals surface area contributed by atoms with Gasteiger partial charge < -0.3 is 10.4 Å². The number of hydrogen-bond donors (Lipinski definition) is 2. The molecule has 0 saturated heterocycles. The molecule has 1 heterocycles. The first kappa shape index (κ1) is 13.9. The average molecular weight is 326 g/mol. The van der Waals surface area contributed by atoms with E-state index >= 15 is 0 Å². The van der Waals surface area contributed by atoms with E-state index in [1.165, 1.54) is 12.1 Å². The number of halogens is 2. The van der Waals surface area contributed by atoms with E-state index < -0.39 is 6.10 Å². The van der Waals surface area contributed by atoms with Crippen LogP contribution in [0, 0.1) is 5.82 Å². The van der Waals surface area contributed by atoms with Gasteiger partial charge in [0.1, 0.15) is 5.82 Å². The predicted octanol–water partition coefficient (Wildman–Crippen LogP) is 2.91. The van der Waals surface area contributed by atoms with Gasteiger partial charge in [-0.3, -0.25) is 0 Å². The van der Waals surface area contributed by atoms with E-state index in [9.17, 15) is 9.50 Å². The molecule has 0 fully saturated rings. The zero-order chi connectivity index (χ0) is 13.8. The molecular weight excluding hydrogens is 313 g/mol. The van der Waals surface area contributed by atoms with Gasteiger partial charge in [0, 0.05) is 12.4 Å². The standard InChI is InChI=1S/C13H13BrFN3O/c1-8(18-13-16-6-10(14)7-17-13)12(19)9-2-4-11(15)5-3-9/h2-8,12,19H,1H3,(H,16,17,18)/t8-,12-/m0/s1. The summed E-state index contributed by atoms with van der Waals surface area (Å²) in [6, 6.07) is 5.45. The molecule has 0 unspecified atom stereocenters. The van der Waals surface area contributed by atoms with Gasteiger partial charge in [0.15, 0.2) is 0 Å². The minimum absolute atomic E-state index is 0.299. The van der Waals surface area contributed by atoms with E-state index in [-0.39, 0.29) is 11.9 Å². The molecule has 0 amide bonds. The Bertz CT molecular complexity index is 533. The molecule has 2 N–H and O–H groups in total. The van der Waals surface area contributed by atoms with Gasteiger partial charge in [-0.1, -0.05) is 12.1 Å². The summed E-state index contributed by atoms with van der Waals surface area (Å²) in [5.74, 6) is 0.102. The van der Waals surface area contributed by atoms with Gasteiger partial charge in [0.05, 0.1) is 16.6 Å². The molecule has 0 bridgehead atoms. The van der Waals surface area contributed by atoms with Crippen LogP contribution in [0.5, 0.6) is 0 Å². The molecule has 2 rings (SSSR count). The lowest BCUT2D eigenvalue weighted by Gasteiger charge is -2.20. The number of aliphatic hydroxyl groups is 1. The fourth-order valence-electron chi connectivity index (χ4n) is 1.62. The van der Waals surface area contributed by atoms with Crippen molar-refractivity contribution in [3.63, 3.8) is 0 Å². The number of anilines is 1. The summed E-state index contributed by atoms with van der Waals surface area (Å²) in [5, 5.41) is 13.1. The van der Waals surface area contributed by atoms with E-state index in [1.54, 1.807) is 31.5 Å². The normalized spacial score (nSPS) is 13.9.